The van der Waals surface area contributed by atoms with Crippen molar-refractivity contribution in [2.75, 3.05) is 26.7 Å². The molecule has 0 saturated carbocycles. The van der Waals surface area contributed by atoms with Gasteiger partial charge in [0.1, 0.15) is 4.88 Å². The van der Waals surface area contributed by atoms with Gasteiger partial charge in [-0.15, -0.1) is 35.3 Å². The van der Waals surface area contributed by atoms with E-state index in [0.717, 1.165) is 24.6 Å². The van der Waals surface area contributed by atoms with Crippen LogP contribution in [-0.2, 0) is 0 Å². The van der Waals surface area contributed by atoms with Gasteiger partial charge in [-0.25, -0.2) is 4.98 Å². The van der Waals surface area contributed by atoms with Crippen molar-refractivity contribution in [2.45, 2.75) is 20.3 Å². The first-order valence-electron chi connectivity index (χ1n) is 6.31. The standard InChI is InChI=1S/C12H21N5OS.HI/c1-4-5-15-12(13-3)16-7-6-14-11(18)10-9(2)17-8-19-10;/h8H,4-7H2,1-3H3,(H,14,18)(H2,13,15,16);1H. The number of halogens is 1. The first-order chi connectivity index (χ1) is 9.19. The molecule has 114 valence electrons. The molecule has 0 spiro atoms. The summed E-state index contributed by atoms with van der Waals surface area (Å²) in [6.07, 6.45) is 1.04. The molecule has 0 aromatic carbocycles. The second kappa shape index (κ2) is 10.8. The van der Waals surface area contributed by atoms with Gasteiger partial charge in [0.05, 0.1) is 11.2 Å². The van der Waals surface area contributed by atoms with Crippen LogP contribution in [0.3, 0.4) is 0 Å². The van der Waals surface area contributed by atoms with E-state index < -0.39 is 0 Å². The molecule has 3 N–H and O–H groups in total. The largest absolute Gasteiger partial charge is 0.356 e. The lowest BCUT2D eigenvalue weighted by molar-refractivity contribution is 0.0957. The van der Waals surface area contributed by atoms with Crippen LogP contribution >= 0.6 is 35.3 Å². The van der Waals surface area contributed by atoms with Gasteiger partial charge in [0.25, 0.3) is 5.91 Å². The van der Waals surface area contributed by atoms with E-state index in [1.54, 1.807) is 12.6 Å². The molecule has 1 amide bonds. The van der Waals surface area contributed by atoms with E-state index in [0.29, 0.717) is 18.0 Å². The predicted octanol–water partition coefficient (Wildman–Crippen LogP) is 1.37. The minimum absolute atomic E-state index is 0. The van der Waals surface area contributed by atoms with Gasteiger partial charge in [0, 0.05) is 26.7 Å². The Balaban J connectivity index is 0.00000361. The van der Waals surface area contributed by atoms with Crippen LogP contribution in [0.1, 0.15) is 28.7 Å². The van der Waals surface area contributed by atoms with Crippen LogP contribution in [0.2, 0.25) is 0 Å². The van der Waals surface area contributed by atoms with Crippen molar-refractivity contribution in [3.8, 4) is 0 Å². The molecule has 0 aliphatic heterocycles. The summed E-state index contributed by atoms with van der Waals surface area (Å²) < 4.78 is 0. The summed E-state index contributed by atoms with van der Waals surface area (Å²) in [7, 11) is 1.73. The van der Waals surface area contributed by atoms with Crippen LogP contribution in [-0.4, -0.2) is 43.5 Å². The van der Waals surface area contributed by atoms with Crippen molar-refractivity contribution >= 4 is 47.2 Å². The number of hydrogen-bond donors (Lipinski definition) is 3. The van der Waals surface area contributed by atoms with Crippen molar-refractivity contribution < 1.29 is 4.79 Å². The number of guanidine groups is 1. The van der Waals surface area contributed by atoms with Gasteiger partial charge in [0.15, 0.2) is 5.96 Å². The van der Waals surface area contributed by atoms with Gasteiger partial charge in [0.2, 0.25) is 0 Å². The number of nitrogens with one attached hydrogen (secondary N) is 3. The highest BCUT2D eigenvalue weighted by Crippen LogP contribution is 2.10. The molecular formula is C12H22IN5OS. The second-order valence-electron chi connectivity index (χ2n) is 3.95. The summed E-state index contributed by atoms with van der Waals surface area (Å²) in [6, 6.07) is 0. The molecule has 1 rings (SSSR count). The summed E-state index contributed by atoms with van der Waals surface area (Å²) in [6.45, 7) is 5.99. The summed E-state index contributed by atoms with van der Waals surface area (Å²) in [4.78, 5) is 20.6. The first kappa shape index (κ1) is 19.1. The molecule has 0 aliphatic rings. The average molecular weight is 411 g/mol. The fraction of sp³-hybridized carbons (Fsp3) is 0.583. The zero-order chi connectivity index (χ0) is 14.1. The van der Waals surface area contributed by atoms with Gasteiger partial charge < -0.3 is 16.0 Å². The number of hydrogen-bond acceptors (Lipinski definition) is 4. The van der Waals surface area contributed by atoms with Crippen LogP contribution < -0.4 is 16.0 Å². The van der Waals surface area contributed by atoms with Crippen LogP contribution in [0.5, 0.6) is 0 Å². The fourth-order valence-corrected chi connectivity index (χ4v) is 2.14. The van der Waals surface area contributed by atoms with Gasteiger partial charge in [-0.1, -0.05) is 6.92 Å². The summed E-state index contributed by atoms with van der Waals surface area (Å²) >= 11 is 1.36. The zero-order valence-corrected chi connectivity index (χ0v) is 15.2. The van der Waals surface area contributed by atoms with E-state index in [1.165, 1.54) is 11.3 Å². The Labute approximate surface area is 140 Å². The third kappa shape index (κ3) is 6.51. The van der Waals surface area contributed by atoms with E-state index in [4.69, 9.17) is 0 Å². The molecule has 0 radical (unpaired) electrons. The van der Waals surface area contributed by atoms with Crippen LogP contribution in [0, 0.1) is 6.92 Å². The van der Waals surface area contributed by atoms with E-state index >= 15 is 0 Å². The Morgan fingerprint density at radius 3 is 2.50 bits per heavy atom. The normalized spacial score (nSPS) is 10.7. The number of thiazole rings is 1. The lowest BCUT2D eigenvalue weighted by atomic mass is 10.4. The third-order valence-corrected chi connectivity index (χ3v) is 3.35. The highest BCUT2D eigenvalue weighted by atomic mass is 127. The fourth-order valence-electron chi connectivity index (χ4n) is 1.42. The Bertz CT molecular complexity index is 435. The van der Waals surface area contributed by atoms with Gasteiger partial charge in [-0.05, 0) is 13.3 Å². The average Bonchev–Trinajstić information content (AvgIpc) is 2.84. The molecule has 0 saturated heterocycles. The van der Waals surface area contributed by atoms with Crippen molar-refractivity contribution in [3.05, 3.63) is 16.1 Å². The highest BCUT2D eigenvalue weighted by Gasteiger charge is 2.10. The van der Waals surface area contributed by atoms with Crippen molar-refractivity contribution in [2.24, 2.45) is 4.99 Å². The zero-order valence-electron chi connectivity index (χ0n) is 12.0. The Hall–Kier alpha value is -0.900. The lowest BCUT2D eigenvalue weighted by Crippen LogP contribution is -2.41. The molecule has 1 heterocycles. The minimum atomic E-state index is -0.0710. The third-order valence-electron chi connectivity index (χ3n) is 2.42. The maximum Gasteiger partial charge on any atom is 0.263 e. The summed E-state index contributed by atoms with van der Waals surface area (Å²) in [5.74, 6) is 0.684. The Kier molecular flexibility index (Phi) is 10.3. The van der Waals surface area contributed by atoms with Gasteiger partial charge >= 0.3 is 0 Å². The minimum Gasteiger partial charge on any atom is -0.356 e. The molecule has 0 unspecified atom stereocenters. The Morgan fingerprint density at radius 1 is 1.30 bits per heavy atom. The first-order valence-corrected chi connectivity index (χ1v) is 7.19. The molecule has 1 aromatic heterocycles. The Morgan fingerprint density at radius 2 is 1.95 bits per heavy atom. The smallest absolute Gasteiger partial charge is 0.263 e. The molecule has 8 heteroatoms. The maximum absolute atomic E-state index is 11.8. The molecule has 1 aromatic rings. The van der Waals surface area contributed by atoms with E-state index in [9.17, 15) is 4.79 Å². The number of amides is 1. The van der Waals surface area contributed by atoms with Gasteiger partial charge in [-0.2, -0.15) is 0 Å². The SMILES string of the molecule is CCCNC(=NC)NCCNC(=O)c1scnc1C.I. The molecule has 0 atom stereocenters. The molecule has 0 fully saturated rings. The quantitative estimate of drug-likeness (QED) is 0.286. The maximum atomic E-state index is 11.8. The number of aryl methyl sites for hydroxylation is 1. The molecule has 20 heavy (non-hydrogen) atoms. The number of carbonyl (C=O) groups excluding carboxylic acids is 1. The predicted molar refractivity (Wildman–Crippen MR) is 94.3 cm³/mol. The number of nitrogens with zero attached hydrogens (tertiary/aromatic N) is 2. The van der Waals surface area contributed by atoms with Crippen LogP contribution in [0.15, 0.2) is 10.5 Å². The summed E-state index contributed by atoms with van der Waals surface area (Å²) in [5.41, 5.74) is 2.45. The van der Waals surface area contributed by atoms with Crippen LogP contribution in [0.4, 0.5) is 0 Å². The number of aromatic nitrogens is 1. The van der Waals surface area contributed by atoms with Crippen molar-refractivity contribution in [3.63, 3.8) is 0 Å². The highest BCUT2D eigenvalue weighted by molar-refractivity contribution is 14.0. The van der Waals surface area contributed by atoms with Gasteiger partial charge in [-0.3, -0.25) is 9.79 Å². The second-order valence-corrected chi connectivity index (χ2v) is 4.80. The molecule has 0 aliphatic carbocycles. The van der Waals surface area contributed by atoms with E-state index in [2.05, 4.69) is 32.9 Å². The number of aliphatic imine (C=N–C) groups is 1. The van der Waals surface area contributed by atoms with Crippen molar-refractivity contribution in [1.29, 1.82) is 0 Å². The summed E-state index contributed by atoms with van der Waals surface area (Å²) in [5, 5.41) is 9.14. The van der Waals surface area contributed by atoms with Crippen molar-refractivity contribution in [1.82, 2.24) is 20.9 Å². The number of carbonyl (C=O) groups is 1. The number of rotatable bonds is 6. The topological polar surface area (TPSA) is 78.4 Å². The lowest BCUT2D eigenvalue weighted by Gasteiger charge is -2.11. The molecule has 0 bridgehead atoms. The van der Waals surface area contributed by atoms with E-state index in [-0.39, 0.29) is 29.9 Å². The monoisotopic (exact) mass is 411 g/mol. The molecule has 6 nitrogen and oxygen atoms in total. The van der Waals surface area contributed by atoms with E-state index in [1.807, 2.05) is 6.92 Å². The van der Waals surface area contributed by atoms with Crippen LogP contribution in [0.25, 0.3) is 0 Å². The molecular weight excluding hydrogens is 389 g/mol.